The van der Waals surface area contributed by atoms with E-state index in [0.717, 1.165) is 5.69 Å². The maximum atomic E-state index is 9.63. The summed E-state index contributed by atoms with van der Waals surface area (Å²) in [4.78, 5) is 6.20. The maximum Gasteiger partial charge on any atom is 0.0957 e. The Balaban J connectivity index is 2.79. The molecule has 0 amide bonds. The third-order valence-corrected chi connectivity index (χ3v) is 2.58. The fraction of sp³-hybridized carbons (Fsp3) is 0.462. The zero-order valence-corrected chi connectivity index (χ0v) is 10.2. The molecule has 0 aliphatic rings. The van der Waals surface area contributed by atoms with Crippen molar-refractivity contribution < 1.29 is 10.2 Å². The fourth-order valence-corrected chi connectivity index (χ4v) is 1.59. The molecule has 1 rings (SSSR count). The van der Waals surface area contributed by atoms with E-state index in [9.17, 15) is 5.11 Å². The van der Waals surface area contributed by atoms with Crippen LogP contribution in [0.2, 0.25) is 0 Å². The molecule has 0 saturated carbocycles. The van der Waals surface area contributed by atoms with E-state index >= 15 is 0 Å². The van der Waals surface area contributed by atoms with Crippen LogP contribution in [0.25, 0.3) is 0 Å². The fourth-order valence-electron chi connectivity index (χ4n) is 1.59. The summed E-state index contributed by atoms with van der Waals surface area (Å²) in [5.41, 5.74) is 1.60. The Morgan fingerprint density at radius 2 is 2.29 bits per heavy atom. The van der Waals surface area contributed by atoms with Crippen molar-refractivity contribution in [1.29, 1.82) is 0 Å². The Bertz CT molecular complexity index is 338. The van der Waals surface area contributed by atoms with Gasteiger partial charge in [0.15, 0.2) is 0 Å². The van der Waals surface area contributed by atoms with Crippen molar-refractivity contribution in [2.75, 3.05) is 24.6 Å². The van der Waals surface area contributed by atoms with Crippen LogP contribution in [0.3, 0.4) is 0 Å². The molecule has 1 heterocycles. The van der Waals surface area contributed by atoms with Gasteiger partial charge in [-0.1, -0.05) is 13.0 Å². The van der Waals surface area contributed by atoms with Gasteiger partial charge in [-0.3, -0.25) is 4.98 Å². The highest BCUT2D eigenvalue weighted by Gasteiger charge is 2.08. The van der Waals surface area contributed by atoms with Crippen LogP contribution in [-0.4, -0.2) is 34.9 Å². The number of aliphatic hydroxyl groups is 2. The summed E-state index contributed by atoms with van der Waals surface area (Å²) in [5, 5.41) is 18.6. The van der Waals surface area contributed by atoms with E-state index in [2.05, 4.69) is 11.6 Å². The van der Waals surface area contributed by atoms with Crippen LogP contribution in [0.5, 0.6) is 0 Å². The number of hydrogen-bond donors (Lipinski definition) is 2. The largest absolute Gasteiger partial charge is 0.395 e. The van der Waals surface area contributed by atoms with Gasteiger partial charge in [0, 0.05) is 13.1 Å². The summed E-state index contributed by atoms with van der Waals surface area (Å²) in [6.07, 6.45) is 3.65. The number of nitrogens with zero attached hydrogens (tertiary/aromatic N) is 2. The average Bonchev–Trinajstić information content (AvgIpc) is 2.38. The first-order valence-electron chi connectivity index (χ1n) is 5.83. The van der Waals surface area contributed by atoms with E-state index in [0.29, 0.717) is 25.2 Å². The predicted molar refractivity (Wildman–Crippen MR) is 69.0 cm³/mol. The Morgan fingerprint density at radius 1 is 1.53 bits per heavy atom. The van der Waals surface area contributed by atoms with Gasteiger partial charge >= 0.3 is 0 Å². The monoisotopic (exact) mass is 236 g/mol. The molecule has 1 aromatic rings. The Kier molecular flexibility index (Phi) is 5.66. The van der Waals surface area contributed by atoms with E-state index in [1.807, 2.05) is 24.0 Å². The number of anilines is 1. The molecule has 0 spiro atoms. The second-order valence-corrected chi connectivity index (χ2v) is 3.82. The first-order valence-corrected chi connectivity index (χ1v) is 5.83. The molecular weight excluding hydrogens is 216 g/mol. The average molecular weight is 236 g/mol. The summed E-state index contributed by atoms with van der Waals surface area (Å²) in [5.74, 6) is 0. The lowest BCUT2D eigenvalue weighted by Gasteiger charge is -2.22. The molecule has 0 saturated heterocycles. The Hall–Kier alpha value is -1.39. The van der Waals surface area contributed by atoms with Gasteiger partial charge in [-0.2, -0.15) is 0 Å². The van der Waals surface area contributed by atoms with Gasteiger partial charge in [0.25, 0.3) is 0 Å². The highest BCUT2D eigenvalue weighted by atomic mass is 16.3. The minimum atomic E-state index is -0.505. The first kappa shape index (κ1) is 13.7. The lowest BCUT2D eigenvalue weighted by Crippen LogP contribution is -2.26. The quantitative estimate of drug-likeness (QED) is 0.705. The van der Waals surface area contributed by atoms with Crippen LogP contribution in [0.4, 0.5) is 5.69 Å². The lowest BCUT2D eigenvalue weighted by atomic mass is 10.2. The highest BCUT2D eigenvalue weighted by molar-refractivity contribution is 5.45. The third-order valence-electron chi connectivity index (χ3n) is 2.58. The summed E-state index contributed by atoms with van der Waals surface area (Å²) < 4.78 is 0. The zero-order chi connectivity index (χ0) is 12.7. The molecule has 4 heteroatoms. The molecule has 17 heavy (non-hydrogen) atoms. The van der Waals surface area contributed by atoms with Gasteiger partial charge in [0.05, 0.1) is 30.3 Å². The van der Waals surface area contributed by atoms with Crippen molar-refractivity contribution in [2.45, 2.75) is 19.4 Å². The van der Waals surface area contributed by atoms with E-state index in [1.165, 1.54) is 0 Å². The molecule has 4 nitrogen and oxygen atoms in total. The minimum absolute atomic E-state index is 0.0905. The molecule has 0 fully saturated rings. The standard InChI is InChI=1S/C13H20N2O2/c1-3-7-15(8-9-16)11-5-6-12(14-10-11)13(17)4-2/h3,5-6,10,13,16-17H,1,4,7-9H2,2H3/t13-/m1/s1. The van der Waals surface area contributed by atoms with Crippen LogP contribution >= 0.6 is 0 Å². The SMILES string of the molecule is C=CCN(CCO)c1ccc([C@H](O)CC)nc1. The second kappa shape index (κ2) is 7.04. The number of aromatic nitrogens is 1. The number of hydrogen-bond acceptors (Lipinski definition) is 4. The van der Waals surface area contributed by atoms with Crippen molar-refractivity contribution in [3.63, 3.8) is 0 Å². The summed E-state index contributed by atoms with van der Waals surface area (Å²) in [6, 6.07) is 3.72. The van der Waals surface area contributed by atoms with E-state index in [4.69, 9.17) is 5.11 Å². The van der Waals surface area contributed by atoms with E-state index < -0.39 is 6.10 Å². The van der Waals surface area contributed by atoms with Gasteiger partial charge in [-0.25, -0.2) is 0 Å². The summed E-state index contributed by atoms with van der Waals surface area (Å²) in [6.45, 7) is 6.90. The molecule has 1 aromatic heterocycles. The molecule has 94 valence electrons. The Morgan fingerprint density at radius 3 is 2.76 bits per heavy atom. The van der Waals surface area contributed by atoms with Gasteiger partial charge < -0.3 is 15.1 Å². The molecule has 0 aliphatic heterocycles. The van der Waals surface area contributed by atoms with E-state index in [-0.39, 0.29) is 6.61 Å². The molecule has 1 atom stereocenters. The summed E-state index contributed by atoms with van der Waals surface area (Å²) >= 11 is 0. The smallest absolute Gasteiger partial charge is 0.0957 e. The zero-order valence-electron chi connectivity index (χ0n) is 10.2. The van der Waals surface area contributed by atoms with Crippen molar-refractivity contribution in [2.24, 2.45) is 0 Å². The van der Waals surface area contributed by atoms with Gasteiger partial charge in [0.1, 0.15) is 0 Å². The normalized spacial score (nSPS) is 12.2. The van der Waals surface area contributed by atoms with Gasteiger partial charge in [-0.15, -0.1) is 6.58 Å². The number of pyridine rings is 1. The van der Waals surface area contributed by atoms with Crippen molar-refractivity contribution in [1.82, 2.24) is 4.98 Å². The first-order chi connectivity index (χ1) is 8.22. The van der Waals surface area contributed by atoms with Crippen LogP contribution in [-0.2, 0) is 0 Å². The summed E-state index contributed by atoms with van der Waals surface area (Å²) in [7, 11) is 0. The number of rotatable bonds is 7. The molecule has 0 unspecified atom stereocenters. The number of aliphatic hydroxyl groups excluding tert-OH is 2. The van der Waals surface area contributed by atoms with Crippen LogP contribution in [0.15, 0.2) is 31.0 Å². The predicted octanol–water partition coefficient (Wildman–Crippen LogP) is 1.51. The van der Waals surface area contributed by atoms with Crippen molar-refractivity contribution in [3.05, 3.63) is 36.7 Å². The minimum Gasteiger partial charge on any atom is -0.395 e. The molecule has 0 aliphatic carbocycles. The topological polar surface area (TPSA) is 56.6 Å². The molecule has 0 aromatic carbocycles. The van der Waals surface area contributed by atoms with Crippen LogP contribution in [0.1, 0.15) is 25.1 Å². The highest BCUT2D eigenvalue weighted by Crippen LogP contribution is 2.18. The second-order valence-electron chi connectivity index (χ2n) is 3.82. The van der Waals surface area contributed by atoms with Crippen molar-refractivity contribution >= 4 is 5.69 Å². The van der Waals surface area contributed by atoms with Gasteiger partial charge in [0.2, 0.25) is 0 Å². The molecule has 0 bridgehead atoms. The van der Waals surface area contributed by atoms with Crippen molar-refractivity contribution in [3.8, 4) is 0 Å². The third kappa shape index (κ3) is 3.84. The van der Waals surface area contributed by atoms with Crippen LogP contribution < -0.4 is 4.90 Å². The Labute approximate surface area is 102 Å². The molecule has 2 N–H and O–H groups in total. The van der Waals surface area contributed by atoms with E-state index in [1.54, 1.807) is 12.3 Å². The molecular formula is C13H20N2O2. The van der Waals surface area contributed by atoms with Gasteiger partial charge in [-0.05, 0) is 18.6 Å². The maximum absolute atomic E-state index is 9.63. The van der Waals surface area contributed by atoms with Crippen LogP contribution in [0, 0.1) is 0 Å². The lowest BCUT2D eigenvalue weighted by molar-refractivity contribution is 0.169. The molecule has 0 radical (unpaired) electrons.